The second-order valence-corrected chi connectivity index (χ2v) is 7.01. The quantitative estimate of drug-likeness (QED) is 0.377. The van der Waals surface area contributed by atoms with Gasteiger partial charge in [-0.25, -0.2) is 13.8 Å². The van der Waals surface area contributed by atoms with Crippen LogP contribution in [0, 0.1) is 11.6 Å². The highest BCUT2D eigenvalue weighted by Crippen LogP contribution is 2.35. The average Bonchev–Trinajstić information content (AvgIpc) is 2.77. The molecule has 0 aliphatic heterocycles. The third-order valence-electron chi connectivity index (χ3n) is 4.86. The molecule has 1 aromatic heterocycles. The Hall–Kier alpha value is -3.76. The number of nitrogens with two attached hydrogens (primary N) is 1. The first-order valence-corrected chi connectivity index (χ1v) is 9.55. The second kappa shape index (κ2) is 9.58. The minimum absolute atomic E-state index is 0.0202. The van der Waals surface area contributed by atoms with Crippen LogP contribution in [0.3, 0.4) is 0 Å². The first kappa shape index (κ1) is 22.9. The van der Waals surface area contributed by atoms with E-state index in [4.69, 9.17) is 10.8 Å². The summed E-state index contributed by atoms with van der Waals surface area (Å²) in [6, 6.07) is 11.0. The molecular weight excluding hydrogens is 422 g/mol. The molecule has 0 aliphatic carbocycles. The van der Waals surface area contributed by atoms with Gasteiger partial charge in [0, 0.05) is 36.5 Å². The molecule has 2 aromatic carbocycles. The number of phenols is 1. The first-order chi connectivity index (χ1) is 15.2. The molecule has 1 heterocycles. The molecule has 32 heavy (non-hydrogen) atoms. The van der Waals surface area contributed by atoms with Crippen LogP contribution in [0.25, 0.3) is 11.3 Å². The maximum absolute atomic E-state index is 14.2. The number of benzene rings is 2. The average molecular weight is 444 g/mol. The lowest BCUT2D eigenvalue weighted by molar-refractivity contribution is -0.131. The molecule has 1 atom stereocenters. The molecule has 0 radical (unpaired) electrons. The lowest BCUT2D eigenvalue weighted by atomic mass is 10.1. The van der Waals surface area contributed by atoms with Crippen molar-refractivity contribution >= 4 is 23.1 Å². The Morgan fingerprint density at radius 2 is 1.94 bits per heavy atom. The van der Waals surface area contributed by atoms with Crippen LogP contribution < -0.4 is 16.0 Å². The summed E-state index contributed by atoms with van der Waals surface area (Å²) in [6.07, 6.45) is -1.54. The van der Waals surface area contributed by atoms with Gasteiger partial charge in [0.05, 0.1) is 18.0 Å². The van der Waals surface area contributed by atoms with Crippen molar-refractivity contribution in [2.45, 2.75) is 12.6 Å². The number of anilines is 3. The summed E-state index contributed by atoms with van der Waals surface area (Å²) in [5.41, 5.74) is 7.76. The highest BCUT2D eigenvalue weighted by molar-refractivity contribution is 5.81. The molecule has 6 N–H and O–H groups in total. The van der Waals surface area contributed by atoms with E-state index in [1.54, 1.807) is 31.3 Å². The summed E-state index contributed by atoms with van der Waals surface area (Å²) < 4.78 is 27.4. The Labute approximate surface area is 182 Å². The first-order valence-electron chi connectivity index (χ1n) is 9.55. The number of pyridine rings is 1. The molecule has 1 unspecified atom stereocenters. The van der Waals surface area contributed by atoms with Gasteiger partial charge in [-0.2, -0.15) is 0 Å². The molecule has 3 aromatic rings. The van der Waals surface area contributed by atoms with E-state index in [-0.39, 0.29) is 23.8 Å². The minimum Gasteiger partial charge on any atom is -0.507 e. The number of aromatic nitrogens is 1. The Kier molecular flexibility index (Phi) is 6.86. The standard InChI is InChI=1S/C22H22F2N4O4/c1-28(18-6-3-13(23)8-16(18)24)14-4-7-19(30)15(9-14)17-5-2-12(21(25)27-17)10-26-22(32)20(31)11-29/h2-9,20,29-31H,10-11H2,1H3,(H2,25,27)(H,26,32). The number of nitrogens with one attached hydrogen (secondary N) is 1. The van der Waals surface area contributed by atoms with E-state index in [9.17, 15) is 23.8 Å². The zero-order chi connectivity index (χ0) is 23.4. The van der Waals surface area contributed by atoms with Crippen molar-refractivity contribution in [1.82, 2.24) is 10.3 Å². The lowest BCUT2D eigenvalue weighted by Gasteiger charge is -2.21. The van der Waals surface area contributed by atoms with Crippen molar-refractivity contribution < 1.29 is 28.9 Å². The molecule has 0 fully saturated rings. The van der Waals surface area contributed by atoms with Crippen LogP contribution in [-0.4, -0.2) is 46.0 Å². The van der Waals surface area contributed by atoms with Crippen LogP contribution in [0.4, 0.5) is 26.0 Å². The number of aliphatic hydroxyl groups is 2. The number of nitrogens with zero attached hydrogens (tertiary/aromatic N) is 2. The van der Waals surface area contributed by atoms with Gasteiger partial charge >= 0.3 is 0 Å². The predicted octanol–water partition coefficient (Wildman–Crippen LogP) is 2.05. The zero-order valence-corrected chi connectivity index (χ0v) is 17.1. The molecule has 0 spiro atoms. The summed E-state index contributed by atoms with van der Waals surface area (Å²) in [5, 5.41) is 30.8. The summed E-state index contributed by atoms with van der Waals surface area (Å²) in [6.45, 7) is -0.724. The van der Waals surface area contributed by atoms with Gasteiger partial charge in [0.15, 0.2) is 6.10 Å². The Morgan fingerprint density at radius 3 is 2.59 bits per heavy atom. The zero-order valence-electron chi connectivity index (χ0n) is 17.1. The van der Waals surface area contributed by atoms with Gasteiger partial charge in [0.25, 0.3) is 5.91 Å². The van der Waals surface area contributed by atoms with Crippen LogP contribution >= 0.6 is 0 Å². The van der Waals surface area contributed by atoms with Crippen LogP contribution in [0.15, 0.2) is 48.5 Å². The Bertz CT molecular complexity index is 1140. The van der Waals surface area contributed by atoms with E-state index in [1.165, 1.54) is 17.0 Å². The summed E-state index contributed by atoms with van der Waals surface area (Å²) in [7, 11) is 1.60. The van der Waals surface area contributed by atoms with E-state index in [1.807, 2.05) is 0 Å². The number of halogens is 2. The number of nitrogen functional groups attached to an aromatic ring is 1. The van der Waals surface area contributed by atoms with Crippen LogP contribution in [-0.2, 0) is 11.3 Å². The fraction of sp³-hybridized carbons (Fsp3) is 0.182. The maximum atomic E-state index is 14.2. The molecule has 168 valence electrons. The molecular formula is C22H22F2N4O4. The van der Waals surface area contributed by atoms with Gasteiger partial charge in [-0.1, -0.05) is 6.07 Å². The molecule has 8 nitrogen and oxygen atoms in total. The second-order valence-electron chi connectivity index (χ2n) is 7.01. The molecule has 0 aliphatic rings. The molecule has 0 saturated heterocycles. The number of amides is 1. The van der Waals surface area contributed by atoms with Crippen LogP contribution in [0.1, 0.15) is 5.56 Å². The van der Waals surface area contributed by atoms with E-state index >= 15 is 0 Å². The lowest BCUT2D eigenvalue weighted by Crippen LogP contribution is -2.36. The van der Waals surface area contributed by atoms with Crippen molar-refractivity contribution in [3.63, 3.8) is 0 Å². The third kappa shape index (κ3) is 4.93. The van der Waals surface area contributed by atoms with Crippen molar-refractivity contribution in [1.29, 1.82) is 0 Å². The monoisotopic (exact) mass is 444 g/mol. The number of carbonyl (C=O) groups excluding carboxylic acids is 1. The number of phenolic OH excluding ortho intramolecular Hbond substituents is 1. The smallest absolute Gasteiger partial charge is 0.251 e. The third-order valence-corrected chi connectivity index (χ3v) is 4.86. The van der Waals surface area contributed by atoms with E-state index < -0.39 is 30.3 Å². The topological polar surface area (TPSA) is 132 Å². The number of rotatable bonds is 7. The summed E-state index contributed by atoms with van der Waals surface area (Å²) in [5.74, 6) is -2.17. The van der Waals surface area contributed by atoms with Gasteiger partial charge < -0.3 is 31.3 Å². The maximum Gasteiger partial charge on any atom is 0.251 e. The van der Waals surface area contributed by atoms with Gasteiger partial charge in [-0.3, -0.25) is 4.79 Å². The normalized spacial score (nSPS) is 11.8. The largest absolute Gasteiger partial charge is 0.507 e. The summed E-state index contributed by atoms with van der Waals surface area (Å²) in [4.78, 5) is 17.3. The van der Waals surface area contributed by atoms with E-state index in [0.29, 0.717) is 22.5 Å². The fourth-order valence-electron chi connectivity index (χ4n) is 3.02. The molecule has 10 heteroatoms. The van der Waals surface area contributed by atoms with Crippen molar-refractivity contribution in [2.24, 2.45) is 0 Å². The van der Waals surface area contributed by atoms with Gasteiger partial charge in [0.2, 0.25) is 0 Å². The minimum atomic E-state index is -1.54. The SMILES string of the molecule is CN(c1ccc(O)c(-c2ccc(CNC(=O)C(O)CO)c(N)n2)c1)c1ccc(F)cc1F. The number of carbonyl (C=O) groups is 1. The highest BCUT2D eigenvalue weighted by Gasteiger charge is 2.16. The highest BCUT2D eigenvalue weighted by atomic mass is 19.1. The van der Waals surface area contributed by atoms with Crippen molar-refractivity contribution in [3.8, 4) is 17.0 Å². The molecule has 1 amide bonds. The number of aromatic hydroxyl groups is 1. The van der Waals surface area contributed by atoms with Gasteiger partial charge in [-0.05, 0) is 36.4 Å². The van der Waals surface area contributed by atoms with E-state index in [0.717, 1.165) is 12.1 Å². The Balaban J connectivity index is 1.86. The van der Waals surface area contributed by atoms with E-state index in [2.05, 4.69) is 10.3 Å². The molecule has 0 bridgehead atoms. The summed E-state index contributed by atoms with van der Waals surface area (Å²) >= 11 is 0. The van der Waals surface area contributed by atoms with Crippen molar-refractivity contribution in [2.75, 3.05) is 24.3 Å². The number of aliphatic hydroxyl groups excluding tert-OH is 2. The molecule has 3 rings (SSSR count). The van der Waals surface area contributed by atoms with Crippen LogP contribution in [0.5, 0.6) is 5.75 Å². The Morgan fingerprint density at radius 1 is 1.19 bits per heavy atom. The van der Waals surface area contributed by atoms with Crippen LogP contribution in [0.2, 0.25) is 0 Å². The molecule has 0 saturated carbocycles. The number of hydrogen-bond donors (Lipinski definition) is 5. The van der Waals surface area contributed by atoms with Gasteiger partial charge in [0.1, 0.15) is 23.2 Å². The van der Waals surface area contributed by atoms with Gasteiger partial charge in [-0.15, -0.1) is 0 Å². The number of hydrogen-bond acceptors (Lipinski definition) is 7. The predicted molar refractivity (Wildman–Crippen MR) is 115 cm³/mol. The fourth-order valence-corrected chi connectivity index (χ4v) is 3.02. The van der Waals surface area contributed by atoms with Crippen molar-refractivity contribution in [3.05, 3.63) is 65.7 Å².